The Morgan fingerprint density at radius 3 is 2.71 bits per heavy atom. The average Bonchev–Trinajstić information content (AvgIpc) is 2.62. The van der Waals surface area contributed by atoms with Crippen LogP contribution < -0.4 is 5.32 Å². The minimum absolute atomic E-state index is 0.826. The topological polar surface area (TPSA) is 29.9 Å². The normalized spacial score (nSPS) is 12.9. The number of aromatic nitrogens is 2. The van der Waals surface area contributed by atoms with E-state index in [1.54, 1.807) is 0 Å². The van der Waals surface area contributed by atoms with Gasteiger partial charge in [0, 0.05) is 25.4 Å². The zero-order valence-corrected chi connectivity index (χ0v) is 11.8. The molecule has 0 saturated carbocycles. The summed E-state index contributed by atoms with van der Waals surface area (Å²) in [4.78, 5) is 0. The molecule has 1 rings (SSSR count). The van der Waals surface area contributed by atoms with Gasteiger partial charge < -0.3 is 5.32 Å². The van der Waals surface area contributed by atoms with E-state index >= 15 is 0 Å². The van der Waals surface area contributed by atoms with Gasteiger partial charge in [0.1, 0.15) is 0 Å². The summed E-state index contributed by atoms with van der Waals surface area (Å²) in [5, 5.41) is 7.92. The molecule has 1 unspecified atom stereocenters. The molecular formula is C14H27N3. The minimum atomic E-state index is 0.826. The molecule has 0 fully saturated rings. The maximum atomic E-state index is 4.36. The minimum Gasteiger partial charge on any atom is -0.312 e. The summed E-state index contributed by atoms with van der Waals surface area (Å²) in [7, 11) is 1.98. The van der Waals surface area contributed by atoms with Crippen molar-refractivity contribution >= 4 is 0 Å². The Morgan fingerprint density at radius 1 is 1.41 bits per heavy atom. The first-order chi connectivity index (χ1) is 8.17. The largest absolute Gasteiger partial charge is 0.312 e. The Hall–Kier alpha value is -0.830. The molecule has 17 heavy (non-hydrogen) atoms. The van der Waals surface area contributed by atoms with Crippen molar-refractivity contribution in [2.24, 2.45) is 13.0 Å². The second-order valence-electron chi connectivity index (χ2n) is 4.96. The molecule has 3 heteroatoms. The first-order valence-electron chi connectivity index (χ1n) is 6.87. The van der Waals surface area contributed by atoms with E-state index in [-0.39, 0.29) is 0 Å². The third-order valence-electron chi connectivity index (χ3n) is 3.41. The highest BCUT2D eigenvalue weighted by Crippen LogP contribution is 2.12. The lowest BCUT2D eigenvalue weighted by molar-refractivity contribution is 0.419. The van der Waals surface area contributed by atoms with Gasteiger partial charge in [-0.1, -0.05) is 33.1 Å². The fourth-order valence-electron chi connectivity index (χ4n) is 2.18. The number of nitrogens with one attached hydrogen (secondary N) is 1. The second-order valence-corrected chi connectivity index (χ2v) is 4.96. The van der Waals surface area contributed by atoms with Gasteiger partial charge in [-0.3, -0.25) is 4.68 Å². The Kier molecular flexibility index (Phi) is 6.27. The van der Waals surface area contributed by atoms with Gasteiger partial charge in [0.15, 0.2) is 0 Å². The van der Waals surface area contributed by atoms with Crippen molar-refractivity contribution in [3.8, 4) is 0 Å². The summed E-state index contributed by atoms with van der Waals surface area (Å²) in [6.07, 6.45) is 7.39. The summed E-state index contributed by atoms with van der Waals surface area (Å²) in [6.45, 7) is 8.70. The zero-order chi connectivity index (χ0) is 12.7. The lowest BCUT2D eigenvalue weighted by Gasteiger charge is -2.14. The number of unbranched alkanes of at least 4 members (excludes halogenated alkanes) is 1. The van der Waals surface area contributed by atoms with Crippen LogP contribution >= 0.6 is 0 Å². The molecule has 0 spiro atoms. The summed E-state index contributed by atoms with van der Waals surface area (Å²) < 4.78 is 1.89. The smallest absolute Gasteiger partial charge is 0.0638 e. The van der Waals surface area contributed by atoms with E-state index in [0.29, 0.717) is 0 Å². The van der Waals surface area contributed by atoms with Gasteiger partial charge in [-0.15, -0.1) is 0 Å². The maximum Gasteiger partial charge on any atom is 0.0638 e. The number of rotatable bonds is 8. The predicted molar refractivity (Wildman–Crippen MR) is 73.0 cm³/mol. The predicted octanol–water partition coefficient (Wildman–Crippen LogP) is 3.03. The van der Waals surface area contributed by atoms with Gasteiger partial charge in [-0.2, -0.15) is 5.10 Å². The van der Waals surface area contributed by atoms with Crippen LogP contribution in [0.2, 0.25) is 0 Å². The summed E-state index contributed by atoms with van der Waals surface area (Å²) >= 11 is 0. The highest BCUT2D eigenvalue weighted by molar-refractivity contribution is 5.14. The highest BCUT2D eigenvalue weighted by atomic mass is 15.2. The molecule has 3 nitrogen and oxygen atoms in total. The summed E-state index contributed by atoms with van der Waals surface area (Å²) in [5.74, 6) is 0.826. The molecule has 0 aromatic carbocycles. The number of hydrogen-bond acceptors (Lipinski definition) is 2. The van der Waals surface area contributed by atoms with Gasteiger partial charge >= 0.3 is 0 Å². The lowest BCUT2D eigenvalue weighted by Crippen LogP contribution is -2.22. The van der Waals surface area contributed by atoms with Crippen molar-refractivity contribution < 1.29 is 0 Å². The quantitative estimate of drug-likeness (QED) is 0.753. The molecule has 0 aliphatic carbocycles. The van der Waals surface area contributed by atoms with Crippen molar-refractivity contribution in [1.29, 1.82) is 0 Å². The number of hydrogen-bond donors (Lipinski definition) is 1. The molecule has 0 bridgehead atoms. The molecule has 0 amide bonds. The molecule has 1 atom stereocenters. The molecule has 0 saturated heterocycles. The Balaban J connectivity index is 2.28. The third-order valence-corrected chi connectivity index (χ3v) is 3.41. The van der Waals surface area contributed by atoms with Crippen molar-refractivity contribution in [2.75, 3.05) is 6.54 Å². The molecule has 0 radical (unpaired) electrons. The van der Waals surface area contributed by atoms with Crippen LogP contribution in [0, 0.1) is 12.8 Å². The van der Waals surface area contributed by atoms with Crippen LogP contribution in [-0.4, -0.2) is 16.3 Å². The molecule has 1 heterocycles. The van der Waals surface area contributed by atoms with Crippen LogP contribution in [0.5, 0.6) is 0 Å². The molecule has 98 valence electrons. The van der Waals surface area contributed by atoms with E-state index in [1.165, 1.54) is 31.2 Å². The monoisotopic (exact) mass is 237 g/mol. The third kappa shape index (κ3) is 4.90. The molecule has 1 aromatic rings. The standard InChI is InChI=1S/C14H27N3/c1-5-7-8-13(6-2)9-15-10-14-11-17(4)16-12(14)3/h11,13,15H,5-10H2,1-4H3. The van der Waals surface area contributed by atoms with Crippen molar-refractivity contribution in [1.82, 2.24) is 15.1 Å². The van der Waals surface area contributed by atoms with Gasteiger partial charge in [-0.25, -0.2) is 0 Å². The van der Waals surface area contributed by atoms with Crippen LogP contribution in [0.25, 0.3) is 0 Å². The fourth-order valence-corrected chi connectivity index (χ4v) is 2.18. The van der Waals surface area contributed by atoms with Crippen LogP contribution in [0.4, 0.5) is 0 Å². The van der Waals surface area contributed by atoms with Gasteiger partial charge in [0.2, 0.25) is 0 Å². The lowest BCUT2D eigenvalue weighted by atomic mass is 9.99. The average molecular weight is 237 g/mol. The van der Waals surface area contributed by atoms with Crippen LogP contribution in [0.3, 0.4) is 0 Å². The van der Waals surface area contributed by atoms with E-state index in [4.69, 9.17) is 0 Å². The van der Waals surface area contributed by atoms with Crippen LogP contribution in [0.15, 0.2) is 6.20 Å². The van der Waals surface area contributed by atoms with Crippen molar-refractivity contribution in [3.05, 3.63) is 17.5 Å². The first kappa shape index (κ1) is 14.2. The van der Waals surface area contributed by atoms with Crippen LogP contribution in [-0.2, 0) is 13.6 Å². The van der Waals surface area contributed by atoms with Gasteiger partial charge in [0.05, 0.1) is 5.69 Å². The van der Waals surface area contributed by atoms with E-state index in [0.717, 1.165) is 24.7 Å². The Labute approximate surface area is 106 Å². The van der Waals surface area contributed by atoms with Gasteiger partial charge in [0.25, 0.3) is 0 Å². The van der Waals surface area contributed by atoms with E-state index in [1.807, 2.05) is 11.7 Å². The molecule has 1 N–H and O–H groups in total. The Bertz CT molecular complexity index is 317. The number of nitrogens with zero attached hydrogens (tertiary/aromatic N) is 2. The van der Waals surface area contributed by atoms with E-state index in [9.17, 15) is 0 Å². The molecule has 0 aliphatic rings. The van der Waals surface area contributed by atoms with Gasteiger partial charge in [-0.05, 0) is 25.8 Å². The van der Waals surface area contributed by atoms with Crippen molar-refractivity contribution in [2.45, 2.75) is 53.0 Å². The van der Waals surface area contributed by atoms with E-state index in [2.05, 4.69) is 37.4 Å². The van der Waals surface area contributed by atoms with Crippen molar-refractivity contribution in [3.63, 3.8) is 0 Å². The maximum absolute atomic E-state index is 4.36. The molecular weight excluding hydrogens is 210 g/mol. The molecule has 1 aromatic heterocycles. The second kappa shape index (κ2) is 7.49. The zero-order valence-electron chi connectivity index (χ0n) is 11.8. The first-order valence-corrected chi connectivity index (χ1v) is 6.87. The Morgan fingerprint density at radius 2 is 2.18 bits per heavy atom. The highest BCUT2D eigenvalue weighted by Gasteiger charge is 2.07. The number of aryl methyl sites for hydroxylation is 2. The van der Waals surface area contributed by atoms with Crippen LogP contribution in [0.1, 0.15) is 50.8 Å². The summed E-state index contributed by atoms with van der Waals surface area (Å²) in [6, 6.07) is 0. The van der Waals surface area contributed by atoms with E-state index < -0.39 is 0 Å². The summed E-state index contributed by atoms with van der Waals surface area (Å²) in [5.41, 5.74) is 2.46. The SMILES string of the molecule is CCCCC(CC)CNCc1cn(C)nc1C. The molecule has 0 aliphatic heterocycles. The fraction of sp³-hybridized carbons (Fsp3) is 0.786.